The lowest BCUT2D eigenvalue weighted by molar-refractivity contribution is 0.757. The highest BCUT2D eigenvalue weighted by Crippen LogP contribution is 2.33. The standard InChI is InChI=1S/C22H25N3OS/c1-4-24(5-2)16-12-11-15-13-17(22(26)25(6-3)19(15)14-16)21-23-18-9-7-8-10-20(18)27-21/h7-14,18,20H,4-6H2,1-3H3. The van der Waals surface area contributed by atoms with E-state index in [0.717, 1.165) is 40.3 Å². The number of pyridine rings is 1. The molecule has 0 amide bonds. The number of aliphatic imine (C=N–C) groups is 1. The predicted octanol–water partition coefficient (Wildman–Crippen LogP) is 4.22. The first-order chi connectivity index (χ1) is 13.2. The number of fused-ring (bicyclic) bond motifs is 2. The number of aromatic nitrogens is 1. The molecule has 0 bridgehead atoms. The summed E-state index contributed by atoms with van der Waals surface area (Å²) in [4.78, 5) is 20.4. The van der Waals surface area contributed by atoms with Crippen LogP contribution in [0.2, 0.25) is 0 Å². The smallest absolute Gasteiger partial charge is 0.261 e. The second-order valence-corrected chi connectivity index (χ2v) is 7.97. The summed E-state index contributed by atoms with van der Waals surface area (Å²) in [6.07, 6.45) is 8.38. The minimum absolute atomic E-state index is 0.0551. The van der Waals surface area contributed by atoms with Crippen LogP contribution in [0.25, 0.3) is 10.9 Å². The minimum Gasteiger partial charge on any atom is -0.372 e. The number of allylic oxidation sites excluding steroid dienone is 2. The van der Waals surface area contributed by atoms with Gasteiger partial charge in [-0.2, -0.15) is 0 Å². The molecule has 2 aromatic rings. The average Bonchev–Trinajstić information content (AvgIpc) is 3.12. The van der Waals surface area contributed by atoms with Gasteiger partial charge in [0.15, 0.2) is 0 Å². The Bertz CT molecular complexity index is 1010. The summed E-state index contributed by atoms with van der Waals surface area (Å²) >= 11 is 1.70. The largest absolute Gasteiger partial charge is 0.372 e. The van der Waals surface area contributed by atoms with E-state index in [2.05, 4.69) is 55.2 Å². The third-order valence-corrected chi connectivity index (χ3v) is 6.58. The highest BCUT2D eigenvalue weighted by molar-refractivity contribution is 8.15. The van der Waals surface area contributed by atoms with Crippen molar-refractivity contribution in [3.05, 3.63) is 64.5 Å². The van der Waals surface area contributed by atoms with Crippen molar-refractivity contribution in [1.29, 1.82) is 0 Å². The van der Waals surface area contributed by atoms with E-state index in [4.69, 9.17) is 4.99 Å². The van der Waals surface area contributed by atoms with Gasteiger partial charge in [-0.1, -0.05) is 42.1 Å². The number of hydrogen-bond acceptors (Lipinski definition) is 4. The van der Waals surface area contributed by atoms with E-state index < -0.39 is 0 Å². The summed E-state index contributed by atoms with van der Waals surface area (Å²) in [5, 5.41) is 2.26. The van der Waals surface area contributed by atoms with Gasteiger partial charge in [0.2, 0.25) is 0 Å². The molecule has 5 heteroatoms. The van der Waals surface area contributed by atoms with Gasteiger partial charge in [0, 0.05) is 25.3 Å². The number of nitrogens with zero attached hydrogens (tertiary/aromatic N) is 3. The molecular formula is C22H25N3OS. The first-order valence-electron chi connectivity index (χ1n) is 9.68. The van der Waals surface area contributed by atoms with Crippen molar-refractivity contribution >= 4 is 33.4 Å². The maximum Gasteiger partial charge on any atom is 0.261 e. The summed E-state index contributed by atoms with van der Waals surface area (Å²) in [6, 6.07) is 8.59. The van der Waals surface area contributed by atoms with Gasteiger partial charge in [-0.15, -0.1) is 0 Å². The summed E-state index contributed by atoms with van der Waals surface area (Å²) in [7, 11) is 0. The lowest BCUT2D eigenvalue weighted by Crippen LogP contribution is -2.26. The summed E-state index contributed by atoms with van der Waals surface area (Å²) < 4.78 is 1.88. The van der Waals surface area contributed by atoms with Crippen LogP contribution in [0, 0.1) is 0 Å². The van der Waals surface area contributed by atoms with Gasteiger partial charge in [0.05, 0.1) is 22.4 Å². The fourth-order valence-corrected chi connectivity index (χ4v) is 5.01. The van der Waals surface area contributed by atoms with Crippen LogP contribution in [0.5, 0.6) is 0 Å². The van der Waals surface area contributed by atoms with Crippen molar-refractivity contribution in [2.75, 3.05) is 18.0 Å². The van der Waals surface area contributed by atoms with Crippen LogP contribution < -0.4 is 10.5 Å². The van der Waals surface area contributed by atoms with Crippen molar-refractivity contribution < 1.29 is 0 Å². The molecule has 0 radical (unpaired) electrons. The first kappa shape index (κ1) is 18.1. The molecule has 2 heterocycles. The van der Waals surface area contributed by atoms with Crippen molar-refractivity contribution in [3.8, 4) is 0 Å². The highest BCUT2D eigenvalue weighted by Gasteiger charge is 2.30. The molecule has 0 N–H and O–H groups in total. The topological polar surface area (TPSA) is 37.6 Å². The molecule has 1 aromatic carbocycles. The Morgan fingerprint density at radius 3 is 2.59 bits per heavy atom. The molecule has 2 unspecified atom stereocenters. The fourth-order valence-electron chi connectivity index (χ4n) is 3.84. The molecule has 27 heavy (non-hydrogen) atoms. The molecule has 2 atom stereocenters. The average molecular weight is 380 g/mol. The summed E-state index contributed by atoms with van der Waals surface area (Å²) in [5.74, 6) is 0. The quantitative estimate of drug-likeness (QED) is 0.780. The van der Waals surface area contributed by atoms with Crippen LogP contribution in [-0.2, 0) is 6.54 Å². The fraction of sp³-hybridized carbons (Fsp3) is 0.364. The van der Waals surface area contributed by atoms with E-state index in [-0.39, 0.29) is 11.6 Å². The summed E-state index contributed by atoms with van der Waals surface area (Å²) in [6.45, 7) is 8.89. The minimum atomic E-state index is 0.0551. The molecule has 1 aliphatic carbocycles. The maximum atomic E-state index is 13.2. The number of anilines is 1. The van der Waals surface area contributed by atoms with E-state index >= 15 is 0 Å². The molecule has 4 rings (SSSR count). The second kappa shape index (κ2) is 7.39. The molecule has 2 aliphatic rings. The Hall–Kier alpha value is -2.27. The number of hydrogen-bond donors (Lipinski definition) is 0. The van der Waals surface area contributed by atoms with Crippen molar-refractivity contribution in [1.82, 2.24) is 4.57 Å². The van der Waals surface area contributed by atoms with Crippen LogP contribution >= 0.6 is 11.8 Å². The van der Waals surface area contributed by atoms with Gasteiger partial charge in [-0.05, 0) is 44.4 Å². The van der Waals surface area contributed by atoms with Gasteiger partial charge in [-0.25, -0.2) is 0 Å². The van der Waals surface area contributed by atoms with Gasteiger partial charge in [0.25, 0.3) is 5.56 Å². The highest BCUT2D eigenvalue weighted by atomic mass is 32.2. The molecule has 4 nitrogen and oxygen atoms in total. The Kier molecular flexibility index (Phi) is 4.96. The van der Waals surface area contributed by atoms with Crippen molar-refractivity contribution in [3.63, 3.8) is 0 Å². The molecule has 140 valence electrons. The maximum absolute atomic E-state index is 13.2. The molecule has 0 fully saturated rings. The van der Waals surface area contributed by atoms with E-state index in [0.29, 0.717) is 11.8 Å². The van der Waals surface area contributed by atoms with Crippen LogP contribution in [0.15, 0.2) is 58.4 Å². The molecule has 1 aromatic heterocycles. The van der Waals surface area contributed by atoms with Crippen LogP contribution in [0.1, 0.15) is 26.3 Å². The van der Waals surface area contributed by atoms with E-state index in [1.54, 1.807) is 11.8 Å². The monoisotopic (exact) mass is 379 g/mol. The number of benzene rings is 1. The van der Waals surface area contributed by atoms with Gasteiger partial charge < -0.3 is 9.47 Å². The zero-order chi connectivity index (χ0) is 19.0. The molecule has 0 saturated carbocycles. The lowest BCUT2D eigenvalue weighted by atomic mass is 10.1. The SMILES string of the molecule is CCN(CC)c1ccc2cc(C3=NC4C=CC=CC4S3)c(=O)n(CC)c2c1. The normalized spacial score (nSPS) is 20.8. The number of aryl methyl sites for hydroxylation is 1. The molecule has 0 spiro atoms. The molecule has 0 saturated heterocycles. The van der Waals surface area contributed by atoms with E-state index in [1.807, 2.05) is 23.6 Å². The predicted molar refractivity (Wildman–Crippen MR) is 117 cm³/mol. The zero-order valence-electron chi connectivity index (χ0n) is 16.1. The molecule has 1 aliphatic heterocycles. The van der Waals surface area contributed by atoms with E-state index in [1.165, 1.54) is 0 Å². The van der Waals surface area contributed by atoms with Crippen LogP contribution in [0.4, 0.5) is 5.69 Å². The molecular weight excluding hydrogens is 354 g/mol. The zero-order valence-corrected chi connectivity index (χ0v) is 16.9. The Morgan fingerprint density at radius 2 is 1.89 bits per heavy atom. The third-order valence-electron chi connectivity index (χ3n) is 5.33. The summed E-state index contributed by atoms with van der Waals surface area (Å²) in [5.41, 5.74) is 2.94. The number of thioether (sulfide) groups is 1. The number of rotatable bonds is 5. The second-order valence-electron chi connectivity index (χ2n) is 6.80. The third kappa shape index (κ3) is 3.14. The Labute approximate surface area is 164 Å². The lowest BCUT2D eigenvalue weighted by Gasteiger charge is -2.22. The van der Waals surface area contributed by atoms with Gasteiger partial charge in [-0.3, -0.25) is 9.79 Å². The van der Waals surface area contributed by atoms with Crippen LogP contribution in [0.3, 0.4) is 0 Å². The first-order valence-corrected chi connectivity index (χ1v) is 10.6. The van der Waals surface area contributed by atoms with E-state index in [9.17, 15) is 4.79 Å². The van der Waals surface area contributed by atoms with Gasteiger partial charge in [0.1, 0.15) is 5.04 Å². The van der Waals surface area contributed by atoms with Crippen LogP contribution in [-0.4, -0.2) is 34.0 Å². The Balaban J connectivity index is 1.83. The van der Waals surface area contributed by atoms with Crippen molar-refractivity contribution in [2.24, 2.45) is 4.99 Å². The Morgan fingerprint density at radius 1 is 1.11 bits per heavy atom. The van der Waals surface area contributed by atoms with Crippen molar-refractivity contribution in [2.45, 2.75) is 38.6 Å². The van der Waals surface area contributed by atoms with Gasteiger partial charge >= 0.3 is 0 Å².